The lowest BCUT2D eigenvalue weighted by atomic mass is 10.3. The van der Waals surface area contributed by atoms with Gasteiger partial charge in [0.25, 0.3) is 5.56 Å². The Bertz CT molecular complexity index is 281. The minimum Gasteiger partial charge on any atom is -0.392 e. The van der Waals surface area contributed by atoms with Crippen molar-refractivity contribution < 1.29 is 9.50 Å². The molecule has 1 aromatic rings. The Kier molecular flexibility index (Phi) is 1.82. The first-order valence-electron chi connectivity index (χ1n) is 2.72. The highest BCUT2D eigenvalue weighted by atomic mass is 19.1. The van der Waals surface area contributed by atoms with Gasteiger partial charge >= 0.3 is 0 Å². The molecule has 0 saturated heterocycles. The van der Waals surface area contributed by atoms with Crippen LogP contribution in [0.5, 0.6) is 0 Å². The van der Waals surface area contributed by atoms with Crippen LogP contribution in [-0.2, 0) is 6.61 Å². The average molecular weight is 143 g/mol. The van der Waals surface area contributed by atoms with Crippen molar-refractivity contribution in [2.75, 3.05) is 0 Å². The number of pyridine rings is 1. The van der Waals surface area contributed by atoms with Gasteiger partial charge in [-0.2, -0.15) is 0 Å². The Morgan fingerprint density at radius 1 is 1.70 bits per heavy atom. The molecular weight excluding hydrogens is 137 g/mol. The minimum absolute atomic E-state index is 0.0174. The van der Waals surface area contributed by atoms with Gasteiger partial charge in [-0.1, -0.05) is 0 Å². The summed E-state index contributed by atoms with van der Waals surface area (Å²) in [6.07, 6.45) is 1.29. The molecule has 0 fully saturated rings. The van der Waals surface area contributed by atoms with Gasteiger partial charge in [-0.15, -0.1) is 0 Å². The van der Waals surface area contributed by atoms with Crippen LogP contribution < -0.4 is 5.56 Å². The lowest BCUT2D eigenvalue weighted by molar-refractivity contribution is 0.275. The molecule has 0 aliphatic rings. The lowest BCUT2D eigenvalue weighted by Crippen LogP contribution is -2.12. The van der Waals surface area contributed by atoms with Crippen molar-refractivity contribution in [1.29, 1.82) is 0 Å². The Hall–Kier alpha value is -1.16. The standard InChI is InChI=1S/C6H6FNO2/c7-5-4(3-9)1-2-8-6(5)10/h1-2,9H,3H2,(H,8,10). The van der Waals surface area contributed by atoms with E-state index < -0.39 is 18.0 Å². The van der Waals surface area contributed by atoms with Crippen molar-refractivity contribution in [3.05, 3.63) is 34.0 Å². The van der Waals surface area contributed by atoms with E-state index in [1.54, 1.807) is 0 Å². The molecule has 0 unspecified atom stereocenters. The number of aromatic amines is 1. The van der Waals surface area contributed by atoms with Crippen LogP contribution >= 0.6 is 0 Å². The first-order valence-corrected chi connectivity index (χ1v) is 2.72. The Morgan fingerprint density at radius 2 is 2.40 bits per heavy atom. The topological polar surface area (TPSA) is 53.1 Å². The summed E-state index contributed by atoms with van der Waals surface area (Å²) in [6.45, 7) is -0.449. The van der Waals surface area contributed by atoms with Gasteiger partial charge in [0.1, 0.15) is 0 Å². The highest BCUT2D eigenvalue weighted by Gasteiger charge is 2.02. The molecule has 10 heavy (non-hydrogen) atoms. The molecule has 0 aromatic carbocycles. The fourth-order valence-electron chi connectivity index (χ4n) is 0.622. The van der Waals surface area contributed by atoms with E-state index in [4.69, 9.17) is 5.11 Å². The zero-order valence-corrected chi connectivity index (χ0v) is 5.10. The molecule has 4 heteroatoms. The number of aromatic nitrogens is 1. The van der Waals surface area contributed by atoms with Crippen LogP contribution in [0.25, 0.3) is 0 Å². The Labute approximate surface area is 56.1 Å². The van der Waals surface area contributed by atoms with E-state index in [9.17, 15) is 9.18 Å². The Balaban J connectivity index is 3.28. The van der Waals surface area contributed by atoms with E-state index in [0.717, 1.165) is 0 Å². The van der Waals surface area contributed by atoms with Gasteiger partial charge in [-0.25, -0.2) is 4.39 Å². The van der Waals surface area contributed by atoms with Crippen LogP contribution in [0.15, 0.2) is 17.1 Å². The third-order valence-electron chi connectivity index (χ3n) is 1.15. The summed E-state index contributed by atoms with van der Waals surface area (Å²) in [7, 11) is 0. The zero-order chi connectivity index (χ0) is 7.56. The van der Waals surface area contributed by atoms with Gasteiger partial charge < -0.3 is 10.1 Å². The van der Waals surface area contributed by atoms with Crippen molar-refractivity contribution in [3.8, 4) is 0 Å². The van der Waals surface area contributed by atoms with Gasteiger partial charge in [-0.05, 0) is 6.07 Å². The molecule has 54 valence electrons. The van der Waals surface area contributed by atoms with Gasteiger partial charge in [0.05, 0.1) is 6.61 Å². The third-order valence-corrected chi connectivity index (χ3v) is 1.15. The monoisotopic (exact) mass is 143 g/mol. The summed E-state index contributed by atoms with van der Waals surface area (Å²) in [4.78, 5) is 12.6. The average Bonchev–Trinajstić information content (AvgIpc) is 1.95. The molecule has 0 bridgehead atoms. The quantitative estimate of drug-likeness (QED) is 0.581. The van der Waals surface area contributed by atoms with E-state index in [2.05, 4.69) is 4.98 Å². The smallest absolute Gasteiger partial charge is 0.284 e. The van der Waals surface area contributed by atoms with Gasteiger partial charge in [0.2, 0.25) is 0 Å². The van der Waals surface area contributed by atoms with Crippen LogP contribution in [0.1, 0.15) is 5.56 Å². The molecule has 2 N–H and O–H groups in total. The number of nitrogens with one attached hydrogen (secondary N) is 1. The van der Waals surface area contributed by atoms with E-state index in [0.29, 0.717) is 0 Å². The fraction of sp³-hybridized carbons (Fsp3) is 0.167. The number of hydrogen-bond acceptors (Lipinski definition) is 2. The van der Waals surface area contributed by atoms with Crippen LogP contribution in [0.3, 0.4) is 0 Å². The highest BCUT2D eigenvalue weighted by Crippen LogP contribution is 1.98. The van der Waals surface area contributed by atoms with Gasteiger partial charge in [0, 0.05) is 11.8 Å². The normalized spacial score (nSPS) is 9.80. The van der Waals surface area contributed by atoms with Crippen LogP contribution in [-0.4, -0.2) is 10.1 Å². The second-order valence-corrected chi connectivity index (χ2v) is 1.80. The predicted molar refractivity (Wildman–Crippen MR) is 32.9 cm³/mol. The summed E-state index contributed by atoms with van der Waals surface area (Å²) in [5.41, 5.74) is -0.782. The van der Waals surface area contributed by atoms with E-state index in [1.807, 2.05) is 0 Å². The maximum atomic E-state index is 12.5. The number of halogens is 1. The molecule has 1 heterocycles. The maximum Gasteiger partial charge on any atom is 0.284 e. The second-order valence-electron chi connectivity index (χ2n) is 1.80. The molecule has 0 amide bonds. The summed E-state index contributed by atoms with van der Waals surface area (Å²) >= 11 is 0. The predicted octanol–water partition coefficient (Wildman–Crippen LogP) is 0.00630. The summed E-state index contributed by atoms with van der Waals surface area (Å²) in [5, 5.41) is 8.45. The van der Waals surface area contributed by atoms with Crippen molar-refractivity contribution >= 4 is 0 Å². The number of aliphatic hydroxyl groups is 1. The highest BCUT2D eigenvalue weighted by molar-refractivity contribution is 5.10. The number of hydrogen-bond donors (Lipinski definition) is 2. The van der Waals surface area contributed by atoms with Gasteiger partial charge in [-0.3, -0.25) is 4.79 Å². The zero-order valence-electron chi connectivity index (χ0n) is 5.10. The van der Waals surface area contributed by atoms with Crippen molar-refractivity contribution in [1.82, 2.24) is 4.98 Å². The maximum absolute atomic E-state index is 12.5. The number of aliphatic hydroxyl groups excluding tert-OH is 1. The first-order chi connectivity index (χ1) is 4.75. The Morgan fingerprint density at radius 3 is 2.90 bits per heavy atom. The first kappa shape index (κ1) is 6.95. The molecule has 0 aliphatic heterocycles. The summed E-state index contributed by atoms with van der Waals surface area (Å²) in [5.74, 6) is -0.912. The summed E-state index contributed by atoms with van der Waals surface area (Å²) in [6, 6.07) is 1.32. The van der Waals surface area contributed by atoms with Crippen molar-refractivity contribution in [2.45, 2.75) is 6.61 Å². The number of rotatable bonds is 1. The largest absolute Gasteiger partial charge is 0.392 e. The van der Waals surface area contributed by atoms with Crippen molar-refractivity contribution in [3.63, 3.8) is 0 Å². The number of H-pyrrole nitrogens is 1. The van der Waals surface area contributed by atoms with Crippen LogP contribution in [0.2, 0.25) is 0 Å². The van der Waals surface area contributed by atoms with E-state index >= 15 is 0 Å². The second kappa shape index (κ2) is 2.62. The minimum atomic E-state index is -0.912. The van der Waals surface area contributed by atoms with E-state index in [1.165, 1.54) is 12.3 Å². The molecule has 0 atom stereocenters. The molecule has 0 saturated carbocycles. The van der Waals surface area contributed by atoms with Crippen LogP contribution in [0.4, 0.5) is 4.39 Å². The van der Waals surface area contributed by atoms with E-state index in [-0.39, 0.29) is 5.56 Å². The molecule has 0 spiro atoms. The molecular formula is C6H6FNO2. The molecule has 0 aliphatic carbocycles. The SMILES string of the molecule is O=c1[nH]ccc(CO)c1F. The summed E-state index contributed by atoms with van der Waals surface area (Å²) < 4.78 is 12.5. The fourth-order valence-corrected chi connectivity index (χ4v) is 0.622. The van der Waals surface area contributed by atoms with Crippen molar-refractivity contribution in [2.24, 2.45) is 0 Å². The molecule has 1 aromatic heterocycles. The molecule has 1 rings (SSSR count). The molecule has 0 radical (unpaired) electrons. The molecule has 3 nitrogen and oxygen atoms in total. The van der Waals surface area contributed by atoms with Gasteiger partial charge in [0.15, 0.2) is 5.82 Å². The third kappa shape index (κ3) is 1.06. The lowest BCUT2D eigenvalue weighted by Gasteiger charge is -1.93. The van der Waals surface area contributed by atoms with Crippen LogP contribution in [0, 0.1) is 5.82 Å².